The Balaban J connectivity index is 1.56. The zero-order valence-corrected chi connectivity index (χ0v) is 13.5. The molecule has 1 aliphatic carbocycles. The summed E-state index contributed by atoms with van der Waals surface area (Å²) in [5.41, 5.74) is 2.66. The summed E-state index contributed by atoms with van der Waals surface area (Å²) >= 11 is 0. The van der Waals surface area contributed by atoms with E-state index in [-0.39, 0.29) is 11.9 Å². The third-order valence-corrected chi connectivity index (χ3v) is 4.36. The van der Waals surface area contributed by atoms with Crippen LogP contribution < -0.4 is 5.32 Å². The molecule has 1 N–H and O–H groups in total. The molecule has 2 aliphatic rings. The minimum atomic E-state index is -0.0203. The van der Waals surface area contributed by atoms with Crippen LogP contribution in [0.15, 0.2) is 12.1 Å². The molecule has 2 fully saturated rings. The van der Waals surface area contributed by atoms with Crippen LogP contribution in [0.4, 0.5) is 0 Å². The molecule has 1 saturated heterocycles. The number of carbonyl (C=O) groups is 1. The van der Waals surface area contributed by atoms with Crippen LogP contribution >= 0.6 is 0 Å². The molecule has 0 unspecified atom stereocenters. The number of amides is 1. The first-order valence-electron chi connectivity index (χ1n) is 8.22. The van der Waals surface area contributed by atoms with Crippen molar-refractivity contribution in [1.29, 1.82) is 0 Å². The Bertz CT molecular complexity index is 537. The zero-order chi connectivity index (χ0) is 15.5. The van der Waals surface area contributed by atoms with Gasteiger partial charge >= 0.3 is 0 Å². The van der Waals surface area contributed by atoms with Crippen molar-refractivity contribution in [2.45, 2.75) is 38.6 Å². The zero-order valence-electron chi connectivity index (χ0n) is 13.5. The number of nitrogens with one attached hydrogen (secondary N) is 1. The normalized spacial score (nSPS) is 20.6. The van der Waals surface area contributed by atoms with Crippen LogP contribution in [0.5, 0.6) is 0 Å². The lowest BCUT2D eigenvalue weighted by atomic mass is 10.1. The Morgan fingerprint density at radius 3 is 2.77 bits per heavy atom. The van der Waals surface area contributed by atoms with E-state index in [1.807, 2.05) is 19.1 Å². The number of hydrogen-bond acceptors (Lipinski definition) is 4. The van der Waals surface area contributed by atoms with Crippen molar-refractivity contribution in [3.05, 3.63) is 29.1 Å². The van der Waals surface area contributed by atoms with Crippen LogP contribution in [0, 0.1) is 6.92 Å². The molecule has 5 heteroatoms. The highest BCUT2D eigenvalue weighted by molar-refractivity contribution is 5.95. The van der Waals surface area contributed by atoms with Crippen molar-refractivity contribution in [3.8, 4) is 0 Å². The number of aromatic nitrogens is 1. The van der Waals surface area contributed by atoms with E-state index in [1.54, 1.807) is 0 Å². The van der Waals surface area contributed by atoms with Gasteiger partial charge in [0.25, 0.3) is 5.91 Å². The minimum absolute atomic E-state index is 0.0203. The molecule has 0 radical (unpaired) electrons. The predicted molar refractivity (Wildman–Crippen MR) is 85.1 cm³/mol. The molecule has 3 rings (SSSR count). The van der Waals surface area contributed by atoms with E-state index in [0.717, 1.165) is 44.2 Å². The van der Waals surface area contributed by atoms with Gasteiger partial charge in [0.05, 0.1) is 24.5 Å². The standard InChI is InChI=1S/C17H25N3O2/c1-12(11-20-7-9-22-10-8-20)18-17(21)15-5-6-16(14-3-4-14)19-13(15)2/h5-6,12,14H,3-4,7-11H2,1-2H3,(H,18,21)/t12-/m0/s1. The lowest BCUT2D eigenvalue weighted by Gasteiger charge is -2.29. The highest BCUT2D eigenvalue weighted by Crippen LogP contribution is 2.39. The van der Waals surface area contributed by atoms with E-state index in [0.29, 0.717) is 11.5 Å². The monoisotopic (exact) mass is 303 g/mol. The van der Waals surface area contributed by atoms with Gasteiger partial charge in [-0.25, -0.2) is 0 Å². The number of ether oxygens (including phenoxy) is 1. The molecule has 2 heterocycles. The minimum Gasteiger partial charge on any atom is -0.379 e. The molecular formula is C17H25N3O2. The number of rotatable bonds is 5. The summed E-state index contributed by atoms with van der Waals surface area (Å²) in [6.45, 7) is 8.29. The van der Waals surface area contributed by atoms with E-state index in [1.165, 1.54) is 12.8 Å². The number of morpholine rings is 1. The molecule has 1 saturated carbocycles. The van der Waals surface area contributed by atoms with Gasteiger partial charge in [-0.3, -0.25) is 14.7 Å². The maximum atomic E-state index is 12.4. The van der Waals surface area contributed by atoms with Crippen LogP contribution in [-0.2, 0) is 4.74 Å². The quantitative estimate of drug-likeness (QED) is 0.900. The van der Waals surface area contributed by atoms with Crippen LogP contribution in [0.3, 0.4) is 0 Å². The summed E-state index contributed by atoms with van der Waals surface area (Å²) in [5, 5.41) is 3.09. The van der Waals surface area contributed by atoms with E-state index in [4.69, 9.17) is 4.74 Å². The van der Waals surface area contributed by atoms with Gasteiger partial charge in [0.15, 0.2) is 0 Å². The molecule has 0 spiro atoms. The van der Waals surface area contributed by atoms with Gasteiger partial charge in [-0.15, -0.1) is 0 Å². The first-order chi connectivity index (χ1) is 10.6. The van der Waals surface area contributed by atoms with E-state index in [9.17, 15) is 4.79 Å². The van der Waals surface area contributed by atoms with Crippen molar-refractivity contribution in [1.82, 2.24) is 15.2 Å². The third-order valence-electron chi connectivity index (χ3n) is 4.36. The molecular weight excluding hydrogens is 278 g/mol. The maximum Gasteiger partial charge on any atom is 0.253 e. The first kappa shape index (κ1) is 15.4. The molecule has 120 valence electrons. The molecule has 1 aromatic rings. The molecule has 0 aromatic carbocycles. The highest BCUT2D eigenvalue weighted by atomic mass is 16.5. The van der Waals surface area contributed by atoms with Crippen LogP contribution in [0.2, 0.25) is 0 Å². The molecule has 0 bridgehead atoms. The van der Waals surface area contributed by atoms with Crippen LogP contribution in [0.1, 0.15) is 47.4 Å². The predicted octanol–water partition coefficient (Wildman–Crippen LogP) is 1.72. The van der Waals surface area contributed by atoms with Gasteiger partial charge in [0, 0.05) is 37.3 Å². The summed E-state index contributed by atoms with van der Waals surface area (Å²) in [7, 11) is 0. The Hall–Kier alpha value is -1.46. The SMILES string of the molecule is Cc1nc(C2CC2)ccc1C(=O)N[C@@H](C)CN1CCOCC1. The lowest BCUT2D eigenvalue weighted by Crippen LogP contribution is -2.46. The Kier molecular flexibility index (Phi) is 4.74. The molecule has 1 atom stereocenters. The molecule has 5 nitrogen and oxygen atoms in total. The summed E-state index contributed by atoms with van der Waals surface area (Å²) in [6, 6.07) is 4.05. The summed E-state index contributed by atoms with van der Waals surface area (Å²) in [5.74, 6) is 0.601. The van der Waals surface area contributed by atoms with E-state index < -0.39 is 0 Å². The average Bonchev–Trinajstić information content (AvgIpc) is 3.32. The number of aryl methyl sites for hydroxylation is 1. The second-order valence-electron chi connectivity index (χ2n) is 6.43. The third kappa shape index (κ3) is 3.84. The molecule has 1 aromatic heterocycles. The highest BCUT2D eigenvalue weighted by Gasteiger charge is 2.26. The second-order valence-corrected chi connectivity index (χ2v) is 6.43. The van der Waals surface area contributed by atoms with Gasteiger partial charge < -0.3 is 10.1 Å². The summed E-state index contributed by atoms with van der Waals surface area (Å²) in [4.78, 5) is 19.3. The molecule has 1 aliphatic heterocycles. The van der Waals surface area contributed by atoms with Crippen molar-refractivity contribution in [2.24, 2.45) is 0 Å². The fourth-order valence-corrected chi connectivity index (χ4v) is 2.95. The maximum absolute atomic E-state index is 12.4. The topological polar surface area (TPSA) is 54.5 Å². The lowest BCUT2D eigenvalue weighted by molar-refractivity contribution is 0.0342. The Morgan fingerprint density at radius 2 is 2.14 bits per heavy atom. The average molecular weight is 303 g/mol. The van der Waals surface area contributed by atoms with E-state index >= 15 is 0 Å². The van der Waals surface area contributed by atoms with Crippen LogP contribution in [-0.4, -0.2) is 54.7 Å². The molecule has 1 amide bonds. The van der Waals surface area contributed by atoms with Gasteiger partial charge in [-0.05, 0) is 38.8 Å². The van der Waals surface area contributed by atoms with Gasteiger partial charge in [-0.1, -0.05) is 0 Å². The number of hydrogen-bond donors (Lipinski definition) is 1. The first-order valence-corrected chi connectivity index (χ1v) is 8.22. The van der Waals surface area contributed by atoms with Gasteiger partial charge in [-0.2, -0.15) is 0 Å². The van der Waals surface area contributed by atoms with Crippen molar-refractivity contribution >= 4 is 5.91 Å². The van der Waals surface area contributed by atoms with Crippen molar-refractivity contribution in [3.63, 3.8) is 0 Å². The van der Waals surface area contributed by atoms with Gasteiger partial charge in [0.1, 0.15) is 0 Å². The number of pyridine rings is 1. The fraction of sp³-hybridized carbons (Fsp3) is 0.647. The number of nitrogens with zero attached hydrogens (tertiary/aromatic N) is 2. The Morgan fingerprint density at radius 1 is 1.41 bits per heavy atom. The second kappa shape index (κ2) is 6.75. The van der Waals surface area contributed by atoms with Crippen molar-refractivity contribution in [2.75, 3.05) is 32.8 Å². The smallest absolute Gasteiger partial charge is 0.253 e. The fourth-order valence-electron chi connectivity index (χ4n) is 2.95. The number of carbonyl (C=O) groups excluding carboxylic acids is 1. The largest absolute Gasteiger partial charge is 0.379 e. The van der Waals surface area contributed by atoms with Crippen LogP contribution in [0.25, 0.3) is 0 Å². The Labute approximate surface area is 132 Å². The van der Waals surface area contributed by atoms with Gasteiger partial charge in [0.2, 0.25) is 0 Å². The summed E-state index contributed by atoms with van der Waals surface area (Å²) in [6.07, 6.45) is 2.46. The van der Waals surface area contributed by atoms with E-state index in [2.05, 4.69) is 22.1 Å². The van der Waals surface area contributed by atoms with Crippen molar-refractivity contribution < 1.29 is 9.53 Å². The molecule has 22 heavy (non-hydrogen) atoms. The summed E-state index contributed by atoms with van der Waals surface area (Å²) < 4.78 is 5.35.